The number of aryl methyl sites for hydroxylation is 1. The van der Waals surface area contributed by atoms with Crippen molar-refractivity contribution in [3.8, 4) is 0 Å². The second-order valence-electron chi connectivity index (χ2n) is 3.87. The van der Waals surface area contributed by atoms with E-state index < -0.39 is 0 Å². The average Bonchev–Trinajstić information content (AvgIpc) is 2.99. The lowest BCUT2D eigenvalue weighted by molar-refractivity contribution is 0.889. The van der Waals surface area contributed by atoms with Gasteiger partial charge in [-0.25, -0.2) is 0 Å². The summed E-state index contributed by atoms with van der Waals surface area (Å²) in [6.45, 7) is 3.35. The van der Waals surface area contributed by atoms with Gasteiger partial charge in [-0.15, -0.1) is 0 Å². The molecule has 0 unspecified atom stereocenters. The third kappa shape index (κ3) is 2.48. The summed E-state index contributed by atoms with van der Waals surface area (Å²) in [4.78, 5) is 0. The van der Waals surface area contributed by atoms with Gasteiger partial charge in [0.25, 0.3) is 0 Å². The summed E-state index contributed by atoms with van der Waals surface area (Å²) in [5, 5.41) is 3.46. The van der Waals surface area contributed by atoms with E-state index in [1.807, 2.05) is 0 Å². The van der Waals surface area contributed by atoms with E-state index in [2.05, 4.69) is 36.5 Å². The van der Waals surface area contributed by atoms with Crippen molar-refractivity contribution in [3.05, 3.63) is 29.8 Å². The average molecular weight is 175 g/mol. The summed E-state index contributed by atoms with van der Waals surface area (Å²) in [7, 11) is 0. The predicted octanol–water partition coefficient (Wildman–Crippen LogP) is 3.07. The highest BCUT2D eigenvalue weighted by Gasteiger charge is 2.20. The molecular formula is C12H17N. The molecule has 0 heterocycles. The molecule has 0 aliphatic heterocycles. The van der Waals surface area contributed by atoms with Crippen molar-refractivity contribution in [2.45, 2.75) is 26.2 Å². The quantitative estimate of drug-likeness (QED) is 0.741. The molecule has 1 fully saturated rings. The highest BCUT2D eigenvalue weighted by molar-refractivity contribution is 5.44. The lowest BCUT2D eigenvalue weighted by Crippen LogP contribution is -2.02. The van der Waals surface area contributed by atoms with E-state index in [-0.39, 0.29) is 0 Å². The summed E-state index contributed by atoms with van der Waals surface area (Å²) in [6, 6.07) is 8.77. The Bertz CT molecular complexity index is 259. The minimum Gasteiger partial charge on any atom is -0.385 e. The van der Waals surface area contributed by atoms with Crippen LogP contribution in [-0.4, -0.2) is 6.54 Å². The molecule has 1 aromatic carbocycles. The Balaban J connectivity index is 1.88. The molecule has 0 spiro atoms. The van der Waals surface area contributed by atoms with E-state index in [4.69, 9.17) is 0 Å². The first-order chi connectivity index (χ1) is 6.38. The van der Waals surface area contributed by atoms with Crippen LogP contribution >= 0.6 is 0 Å². The lowest BCUT2D eigenvalue weighted by Gasteiger charge is -2.05. The number of benzene rings is 1. The van der Waals surface area contributed by atoms with Crippen LogP contribution < -0.4 is 5.32 Å². The Labute approximate surface area is 80.2 Å². The summed E-state index contributed by atoms with van der Waals surface area (Å²) in [5.74, 6) is 0.950. The minimum absolute atomic E-state index is 0.950. The normalized spacial score (nSPS) is 15.8. The summed E-state index contributed by atoms with van der Waals surface area (Å²) in [6.07, 6.45) is 3.96. The molecule has 1 saturated carbocycles. The fourth-order valence-corrected chi connectivity index (χ4v) is 1.44. The van der Waals surface area contributed by atoms with Crippen molar-refractivity contribution in [1.82, 2.24) is 0 Å². The number of rotatable bonds is 4. The Morgan fingerprint density at radius 1 is 1.23 bits per heavy atom. The monoisotopic (exact) mass is 175 g/mol. The van der Waals surface area contributed by atoms with Crippen LogP contribution in [0.3, 0.4) is 0 Å². The Kier molecular flexibility index (Phi) is 2.53. The molecule has 2 rings (SSSR count). The van der Waals surface area contributed by atoms with Crippen LogP contribution in [0.15, 0.2) is 24.3 Å². The van der Waals surface area contributed by atoms with Gasteiger partial charge in [-0.2, -0.15) is 0 Å². The van der Waals surface area contributed by atoms with Crippen molar-refractivity contribution in [2.75, 3.05) is 11.9 Å². The third-order valence-electron chi connectivity index (χ3n) is 2.65. The van der Waals surface area contributed by atoms with E-state index in [1.165, 1.54) is 24.1 Å². The van der Waals surface area contributed by atoms with Crippen molar-refractivity contribution in [1.29, 1.82) is 0 Å². The SMILES string of the molecule is CCc1ccc(NCC2CC2)cc1. The van der Waals surface area contributed by atoms with Gasteiger partial charge in [0.15, 0.2) is 0 Å². The van der Waals surface area contributed by atoms with Crippen LogP contribution in [-0.2, 0) is 6.42 Å². The zero-order valence-corrected chi connectivity index (χ0v) is 8.22. The van der Waals surface area contributed by atoms with E-state index in [0.717, 1.165) is 18.9 Å². The fourth-order valence-electron chi connectivity index (χ4n) is 1.44. The third-order valence-corrected chi connectivity index (χ3v) is 2.65. The van der Waals surface area contributed by atoms with Gasteiger partial charge in [0.05, 0.1) is 0 Å². The van der Waals surface area contributed by atoms with Gasteiger partial charge < -0.3 is 5.32 Å². The van der Waals surface area contributed by atoms with Gasteiger partial charge in [-0.05, 0) is 42.9 Å². The maximum atomic E-state index is 3.46. The first kappa shape index (κ1) is 8.61. The zero-order chi connectivity index (χ0) is 9.10. The first-order valence-corrected chi connectivity index (χ1v) is 5.21. The molecule has 0 amide bonds. The number of hydrogen-bond acceptors (Lipinski definition) is 1. The molecule has 0 radical (unpaired) electrons. The van der Waals surface area contributed by atoms with E-state index >= 15 is 0 Å². The lowest BCUT2D eigenvalue weighted by atomic mass is 10.1. The fraction of sp³-hybridized carbons (Fsp3) is 0.500. The second kappa shape index (κ2) is 3.82. The van der Waals surface area contributed by atoms with E-state index in [0.29, 0.717) is 0 Å². The number of anilines is 1. The summed E-state index contributed by atoms with van der Waals surface area (Å²) >= 11 is 0. The van der Waals surface area contributed by atoms with Gasteiger partial charge >= 0.3 is 0 Å². The van der Waals surface area contributed by atoms with Crippen LogP contribution in [0.4, 0.5) is 5.69 Å². The first-order valence-electron chi connectivity index (χ1n) is 5.21. The summed E-state index contributed by atoms with van der Waals surface area (Å²) in [5.41, 5.74) is 2.68. The van der Waals surface area contributed by atoms with Gasteiger partial charge in [0.1, 0.15) is 0 Å². The van der Waals surface area contributed by atoms with Crippen LogP contribution in [0.1, 0.15) is 25.3 Å². The van der Waals surface area contributed by atoms with Crippen LogP contribution in [0, 0.1) is 5.92 Å². The van der Waals surface area contributed by atoms with Crippen molar-refractivity contribution in [3.63, 3.8) is 0 Å². The van der Waals surface area contributed by atoms with Crippen molar-refractivity contribution in [2.24, 2.45) is 5.92 Å². The van der Waals surface area contributed by atoms with Gasteiger partial charge in [0, 0.05) is 12.2 Å². The molecule has 1 aliphatic carbocycles. The van der Waals surface area contributed by atoms with Crippen LogP contribution in [0.5, 0.6) is 0 Å². The number of hydrogen-bond donors (Lipinski definition) is 1. The van der Waals surface area contributed by atoms with E-state index in [9.17, 15) is 0 Å². The zero-order valence-electron chi connectivity index (χ0n) is 8.22. The highest BCUT2D eigenvalue weighted by atomic mass is 14.9. The summed E-state index contributed by atoms with van der Waals surface area (Å²) < 4.78 is 0. The van der Waals surface area contributed by atoms with Crippen molar-refractivity contribution >= 4 is 5.69 Å². The predicted molar refractivity (Wildman–Crippen MR) is 57.0 cm³/mol. The maximum Gasteiger partial charge on any atom is 0.0340 e. The van der Waals surface area contributed by atoms with Gasteiger partial charge in [-0.1, -0.05) is 19.1 Å². The largest absolute Gasteiger partial charge is 0.385 e. The standard InChI is InChI=1S/C12H17N/c1-2-10-5-7-12(8-6-10)13-9-11-3-4-11/h5-8,11,13H,2-4,9H2,1H3. The van der Waals surface area contributed by atoms with E-state index in [1.54, 1.807) is 0 Å². The molecule has 70 valence electrons. The smallest absolute Gasteiger partial charge is 0.0340 e. The molecular weight excluding hydrogens is 158 g/mol. The molecule has 1 N–H and O–H groups in total. The van der Waals surface area contributed by atoms with Crippen LogP contribution in [0.2, 0.25) is 0 Å². The topological polar surface area (TPSA) is 12.0 Å². The molecule has 0 bridgehead atoms. The molecule has 0 saturated heterocycles. The molecule has 13 heavy (non-hydrogen) atoms. The maximum absolute atomic E-state index is 3.46. The highest BCUT2D eigenvalue weighted by Crippen LogP contribution is 2.28. The second-order valence-corrected chi connectivity index (χ2v) is 3.87. The van der Waals surface area contributed by atoms with Gasteiger partial charge in [0.2, 0.25) is 0 Å². The Morgan fingerprint density at radius 3 is 2.46 bits per heavy atom. The number of nitrogens with one attached hydrogen (secondary N) is 1. The van der Waals surface area contributed by atoms with Gasteiger partial charge in [-0.3, -0.25) is 0 Å². The molecule has 1 nitrogen and oxygen atoms in total. The molecule has 0 atom stereocenters. The Hall–Kier alpha value is -0.980. The molecule has 1 heteroatoms. The molecule has 1 aromatic rings. The van der Waals surface area contributed by atoms with Crippen LogP contribution in [0.25, 0.3) is 0 Å². The molecule has 1 aliphatic rings. The van der Waals surface area contributed by atoms with Crippen molar-refractivity contribution < 1.29 is 0 Å². The molecule has 0 aromatic heterocycles. The minimum atomic E-state index is 0.950. The Morgan fingerprint density at radius 2 is 1.92 bits per heavy atom.